The van der Waals surface area contributed by atoms with E-state index in [4.69, 9.17) is 10.5 Å². The van der Waals surface area contributed by atoms with Gasteiger partial charge in [0.05, 0.1) is 11.3 Å². The third-order valence-corrected chi connectivity index (χ3v) is 4.54. The van der Waals surface area contributed by atoms with Crippen molar-refractivity contribution in [1.82, 2.24) is 14.5 Å². The van der Waals surface area contributed by atoms with E-state index in [1.165, 1.54) is 18.3 Å². The first-order chi connectivity index (χ1) is 13.1. The van der Waals surface area contributed by atoms with E-state index in [2.05, 4.69) is 9.97 Å². The van der Waals surface area contributed by atoms with Crippen molar-refractivity contribution in [1.29, 1.82) is 0 Å². The molecule has 0 aromatic carbocycles. The molecule has 0 unspecified atom stereocenters. The molecule has 3 aromatic heterocycles. The van der Waals surface area contributed by atoms with Crippen LogP contribution in [0.15, 0.2) is 47.7 Å². The minimum absolute atomic E-state index is 0.272. The number of fused-ring (bicyclic) bond motifs is 3. The predicted octanol–water partition coefficient (Wildman–Crippen LogP) is 1.87. The Kier molecular flexibility index (Phi) is 4.08. The fraction of sp³-hybridized carbons (Fsp3) is 0.158. The summed E-state index contributed by atoms with van der Waals surface area (Å²) in [6, 6.07) is 5.62. The zero-order valence-corrected chi connectivity index (χ0v) is 14.3. The van der Waals surface area contributed by atoms with Crippen LogP contribution in [0.4, 0.5) is 4.79 Å². The number of nitrogens with two attached hydrogens (primary N) is 1. The average molecular weight is 364 g/mol. The first-order valence-electron chi connectivity index (χ1n) is 8.44. The van der Waals surface area contributed by atoms with Crippen LogP contribution in [0.1, 0.15) is 28.0 Å². The lowest BCUT2D eigenvalue weighted by molar-refractivity contribution is 0.0732. The lowest BCUT2D eigenvalue weighted by atomic mass is 10.0. The van der Waals surface area contributed by atoms with Crippen molar-refractivity contribution < 1.29 is 14.3 Å². The number of carbonyl (C=O) groups excluding carboxylic acids is 2. The zero-order chi connectivity index (χ0) is 19.0. The molecule has 8 heteroatoms. The number of nitrogens with one attached hydrogen (secondary N) is 1. The third kappa shape index (κ3) is 2.91. The van der Waals surface area contributed by atoms with E-state index in [-0.39, 0.29) is 5.75 Å². The Bertz CT molecular complexity index is 1110. The Morgan fingerprint density at radius 2 is 2.07 bits per heavy atom. The fourth-order valence-electron chi connectivity index (χ4n) is 3.30. The van der Waals surface area contributed by atoms with Gasteiger partial charge in [-0.1, -0.05) is 6.07 Å². The lowest BCUT2D eigenvalue weighted by Crippen LogP contribution is -2.32. The number of carbonyl (C=O) groups is 2. The van der Waals surface area contributed by atoms with Crippen molar-refractivity contribution in [3.05, 3.63) is 70.0 Å². The minimum Gasteiger partial charge on any atom is -0.417 e. The van der Waals surface area contributed by atoms with Crippen LogP contribution < -0.4 is 16.0 Å². The van der Waals surface area contributed by atoms with Gasteiger partial charge in [-0.05, 0) is 43.0 Å². The van der Waals surface area contributed by atoms with Crippen LogP contribution in [-0.2, 0) is 12.8 Å². The van der Waals surface area contributed by atoms with Crippen molar-refractivity contribution in [2.75, 3.05) is 0 Å². The van der Waals surface area contributed by atoms with Gasteiger partial charge in [0, 0.05) is 29.8 Å². The van der Waals surface area contributed by atoms with Crippen LogP contribution in [0.2, 0.25) is 0 Å². The number of pyridine rings is 2. The Morgan fingerprint density at radius 1 is 1.22 bits per heavy atom. The van der Waals surface area contributed by atoms with Crippen molar-refractivity contribution in [2.45, 2.75) is 19.3 Å². The Morgan fingerprint density at radius 3 is 2.89 bits per heavy atom. The molecule has 3 heterocycles. The number of amides is 1. The molecule has 1 aliphatic rings. The Balaban J connectivity index is 1.75. The molecule has 27 heavy (non-hydrogen) atoms. The number of aryl methyl sites for hydroxylation is 2. The molecule has 3 aromatic rings. The quantitative estimate of drug-likeness (QED) is 0.673. The summed E-state index contributed by atoms with van der Waals surface area (Å²) in [5.41, 5.74) is 8.03. The summed E-state index contributed by atoms with van der Waals surface area (Å²) < 4.78 is 5.95. The molecule has 0 fully saturated rings. The van der Waals surface area contributed by atoms with Gasteiger partial charge in [-0.25, -0.2) is 14.2 Å². The highest BCUT2D eigenvalue weighted by Gasteiger charge is 2.25. The van der Waals surface area contributed by atoms with Crippen molar-refractivity contribution in [2.24, 2.45) is 5.73 Å². The van der Waals surface area contributed by atoms with Gasteiger partial charge in [-0.15, -0.1) is 0 Å². The van der Waals surface area contributed by atoms with Gasteiger partial charge >= 0.3 is 17.6 Å². The molecule has 1 aliphatic carbocycles. The topological polar surface area (TPSA) is 120 Å². The maximum absolute atomic E-state index is 12.8. The summed E-state index contributed by atoms with van der Waals surface area (Å²) in [5, 5.41) is 0. The molecule has 4 rings (SSSR count). The molecule has 0 aliphatic heterocycles. The molecule has 8 nitrogen and oxygen atoms in total. The zero-order valence-electron chi connectivity index (χ0n) is 14.3. The predicted molar refractivity (Wildman–Crippen MR) is 96.7 cm³/mol. The largest absolute Gasteiger partial charge is 0.417 e. The molecule has 0 radical (unpaired) electrons. The molecule has 0 saturated heterocycles. The number of esters is 1. The summed E-state index contributed by atoms with van der Waals surface area (Å²) in [6.45, 7) is 0. The normalized spacial score (nSPS) is 12.6. The second kappa shape index (κ2) is 6.56. The van der Waals surface area contributed by atoms with Crippen LogP contribution in [0, 0.1) is 0 Å². The second-order valence-corrected chi connectivity index (χ2v) is 6.20. The second-order valence-electron chi connectivity index (χ2n) is 6.20. The summed E-state index contributed by atoms with van der Waals surface area (Å²) in [4.78, 5) is 43.8. The number of aromatic amines is 1. The minimum atomic E-state index is -0.952. The van der Waals surface area contributed by atoms with E-state index in [0.717, 1.165) is 36.2 Å². The molecule has 1 amide bonds. The maximum atomic E-state index is 12.8. The lowest BCUT2D eigenvalue weighted by Gasteiger charge is -2.08. The molecule has 3 N–H and O–H groups in total. The first-order valence-corrected chi connectivity index (χ1v) is 8.44. The number of ether oxygens (including phenoxy) is 1. The van der Waals surface area contributed by atoms with Gasteiger partial charge in [0.15, 0.2) is 5.75 Å². The number of aromatic nitrogens is 3. The highest BCUT2D eigenvalue weighted by Crippen LogP contribution is 2.33. The van der Waals surface area contributed by atoms with Gasteiger partial charge < -0.3 is 15.5 Å². The van der Waals surface area contributed by atoms with Crippen LogP contribution in [0.5, 0.6) is 5.75 Å². The van der Waals surface area contributed by atoms with Gasteiger partial charge in [-0.3, -0.25) is 9.78 Å². The van der Waals surface area contributed by atoms with E-state index in [1.807, 2.05) is 12.1 Å². The van der Waals surface area contributed by atoms with Crippen molar-refractivity contribution >= 4 is 12.0 Å². The van der Waals surface area contributed by atoms with Gasteiger partial charge in [-0.2, -0.15) is 0 Å². The van der Waals surface area contributed by atoms with Crippen LogP contribution in [0.25, 0.3) is 11.3 Å². The molecule has 136 valence electrons. The Hall–Kier alpha value is -3.68. The molecular formula is C19H16N4O4. The molecular weight excluding hydrogens is 348 g/mol. The number of nitrogens with zero attached hydrogens (tertiary/aromatic N) is 2. The average Bonchev–Trinajstić information content (AvgIpc) is 2.99. The number of primary amides is 1. The van der Waals surface area contributed by atoms with E-state index in [0.29, 0.717) is 15.7 Å². The fourth-order valence-corrected chi connectivity index (χ4v) is 3.30. The van der Waals surface area contributed by atoms with E-state index in [9.17, 15) is 14.4 Å². The van der Waals surface area contributed by atoms with Crippen LogP contribution in [0.3, 0.4) is 0 Å². The monoisotopic (exact) mass is 364 g/mol. The number of rotatable bonds is 2. The van der Waals surface area contributed by atoms with Gasteiger partial charge in [0.25, 0.3) is 0 Å². The van der Waals surface area contributed by atoms with Crippen molar-refractivity contribution in [3.63, 3.8) is 0 Å². The van der Waals surface area contributed by atoms with Gasteiger partial charge in [0.1, 0.15) is 0 Å². The molecule has 0 saturated carbocycles. The highest BCUT2D eigenvalue weighted by molar-refractivity contribution is 5.99. The summed E-state index contributed by atoms with van der Waals surface area (Å²) in [7, 11) is 0. The van der Waals surface area contributed by atoms with E-state index >= 15 is 0 Å². The standard InChI is InChI=1S/C19H16N4O4/c20-19(26)23-9-3-7-14(17(23)24)27-18(25)12-10-22-13-6-1-4-11-5-2-8-21-16(11)15(12)13/h2-3,5,7-10,22H,1,4,6H2,(H2,20,26). The van der Waals surface area contributed by atoms with Crippen LogP contribution in [-0.4, -0.2) is 26.5 Å². The van der Waals surface area contributed by atoms with Crippen LogP contribution >= 0.6 is 0 Å². The third-order valence-electron chi connectivity index (χ3n) is 4.54. The van der Waals surface area contributed by atoms with Gasteiger partial charge in [0.2, 0.25) is 0 Å². The molecule has 0 spiro atoms. The number of hydrogen-bond acceptors (Lipinski definition) is 5. The summed E-state index contributed by atoms with van der Waals surface area (Å²) in [5.74, 6) is -0.976. The first kappa shape index (κ1) is 16.8. The summed E-state index contributed by atoms with van der Waals surface area (Å²) >= 11 is 0. The highest BCUT2D eigenvalue weighted by atomic mass is 16.5. The SMILES string of the molecule is NC(=O)n1cccc(OC(=O)c2c[nH]c3c2-c2ncccc2CCC3)c1=O. The maximum Gasteiger partial charge on any atom is 0.345 e. The Labute approximate surface area is 153 Å². The van der Waals surface area contributed by atoms with Crippen molar-refractivity contribution in [3.8, 4) is 17.0 Å². The summed E-state index contributed by atoms with van der Waals surface area (Å²) in [6.07, 6.45) is 7.03. The molecule has 0 bridgehead atoms. The van der Waals surface area contributed by atoms with E-state index in [1.54, 1.807) is 12.4 Å². The van der Waals surface area contributed by atoms with E-state index < -0.39 is 17.6 Å². The number of H-pyrrole nitrogens is 1. The smallest absolute Gasteiger partial charge is 0.345 e. The number of hydrogen-bond donors (Lipinski definition) is 2. The molecule has 0 atom stereocenters.